The van der Waals surface area contributed by atoms with E-state index >= 15 is 0 Å². The first-order chi connectivity index (χ1) is 16.5. The van der Waals surface area contributed by atoms with Gasteiger partial charge in [-0.2, -0.15) is 13.2 Å². The van der Waals surface area contributed by atoms with Gasteiger partial charge >= 0.3 is 6.18 Å². The molecule has 0 saturated carbocycles. The molecule has 1 aliphatic rings. The number of hydrogen-bond acceptors (Lipinski definition) is 4. The van der Waals surface area contributed by atoms with Crippen LogP contribution in [0, 0.1) is 5.92 Å². The highest BCUT2D eigenvalue weighted by atomic mass is 35.5. The van der Waals surface area contributed by atoms with Crippen molar-refractivity contribution in [2.24, 2.45) is 5.92 Å². The quantitative estimate of drug-likeness (QED) is 0.332. The van der Waals surface area contributed by atoms with Crippen molar-refractivity contribution in [2.75, 3.05) is 13.1 Å². The van der Waals surface area contributed by atoms with Gasteiger partial charge in [-0.05, 0) is 42.8 Å². The second kappa shape index (κ2) is 10.2. The minimum absolute atomic E-state index is 0.0593. The van der Waals surface area contributed by atoms with E-state index in [1.807, 2.05) is 6.07 Å². The van der Waals surface area contributed by atoms with Crippen LogP contribution < -0.4 is 4.74 Å². The van der Waals surface area contributed by atoms with Crippen LogP contribution >= 0.6 is 34.8 Å². The number of aromatic nitrogens is 2. The monoisotopic (exact) mass is 543 g/mol. The van der Waals surface area contributed by atoms with Gasteiger partial charge in [-0.15, -0.1) is 0 Å². The predicted octanol–water partition coefficient (Wildman–Crippen LogP) is 6.78. The Morgan fingerprint density at radius 1 is 1.06 bits per heavy atom. The molecule has 1 amide bonds. The van der Waals surface area contributed by atoms with E-state index in [4.69, 9.17) is 39.5 Å². The summed E-state index contributed by atoms with van der Waals surface area (Å²) in [6.45, 7) is 2.51. The van der Waals surface area contributed by atoms with Crippen LogP contribution in [0.1, 0.15) is 34.3 Å². The van der Waals surface area contributed by atoms with Gasteiger partial charge in [-0.3, -0.25) is 4.79 Å². The summed E-state index contributed by atoms with van der Waals surface area (Å²) in [6, 6.07) is 10.5. The molecule has 3 atom stereocenters. The lowest BCUT2D eigenvalue weighted by Gasteiger charge is -2.25. The third kappa shape index (κ3) is 5.82. The molecule has 3 unspecified atom stereocenters. The van der Waals surface area contributed by atoms with E-state index < -0.39 is 17.8 Å². The van der Waals surface area contributed by atoms with Gasteiger partial charge in [-0.1, -0.05) is 40.9 Å². The van der Waals surface area contributed by atoms with E-state index in [-0.39, 0.29) is 28.8 Å². The molecule has 1 fully saturated rings. The van der Waals surface area contributed by atoms with E-state index in [0.29, 0.717) is 28.7 Å². The van der Waals surface area contributed by atoms with Crippen LogP contribution in [0.15, 0.2) is 54.9 Å². The first kappa shape index (κ1) is 25.5. The van der Waals surface area contributed by atoms with Gasteiger partial charge in [0.2, 0.25) is 5.88 Å². The Labute approximate surface area is 214 Å². The summed E-state index contributed by atoms with van der Waals surface area (Å²) >= 11 is 18.3. The van der Waals surface area contributed by atoms with E-state index in [1.54, 1.807) is 30.0 Å². The summed E-state index contributed by atoms with van der Waals surface area (Å²) in [5.74, 6) is -0.543. The van der Waals surface area contributed by atoms with Gasteiger partial charge < -0.3 is 9.64 Å². The maximum absolute atomic E-state index is 13.2. The molecule has 35 heavy (non-hydrogen) atoms. The van der Waals surface area contributed by atoms with Crippen LogP contribution in [-0.2, 0) is 6.18 Å². The van der Waals surface area contributed by atoms with Crippen molar-refractivity contribution in [1.82, 2.24) is 14.9 Å². The molecule has 0 radical (unpaired) electrons. The van der Waals surface area contributed by atoms with Crippen molar-refractivity contribution in [2.45, 2.75) is 25.1 Å². The topological polar surface area (TPSA) is 55.3 Å². The van der Waals surface area contributed by atoms with Crippen molar-refractivity contribution in [3.05, 3.63) is 86.7 Å². The zero-order valence-corrected chi connectivity index (χ0v) is 20.5. The van der Waals surface area contributed by atoms with E-state index in [2.05, 4.69) is 9.97 Å². The van der Waals surface area contributed by atoms with Gasteiger partial charge in [0.1, 0.15) is 11.3 Å². The third-order valence-corrected chi connectivity index (χ3v) is 6.92. The highest BCUT2D eigenvalue weighted by Gasteiger charge is 2.41. The Morgan fingerprint density at radius 2 is 1.83 bits per heavy atom. The molecule has 2 aromatic heterocycles. The largest absolute Gasteiger partial charge is 0.474 e. The summed E-state index contributed by atoms with van der Waals surface area (Å²) in [6.07, 6.45) is -2.78. The number of rotatable bonds is 5. The summed E-state index contributed by atoms with van der Waals surface area (Å²) < 4.78 is 44.5. The molecule has 184 valence electrons. The SMILES string of the molecule is CC(Oc1ccc(C(F)(F)F)cn1)C1CN(C(=O)c2ccnc(Cl)c2)CC1c1ccc(Cl)c(Cl)c1. The normalized spacial score (nSPS) is 19.0. The molecule has 4 rings (SSSR count). The van der Waals surface area contributed by atoms with Crippen molar-refractivity contribution >= 4 is 40.7 Å². The van der Waals surface area contributed by atoms with Crippen LogP contribution in [0.2, 0.25) is 15.2 Å². The third-order valence-electron chi connectivity index (χ3n) is 5.97. The smallest absolute Gasteiger partial charge is 0.417 e. The van der Waals surface area contributed by atoms with Crippen LogP contribution in [0.3, 0.4) is 0 Å². The second-order valence-corrected chi connectivity index (χ2v) is 9.43. The highest BCUT2D eigenvalue weighted by Crippen LogP contribution is 2.39. The average molecular weight is 545 g/mol. The zero-order valence-electron chi connectivity index (χ0n) is 18.3. The van der Waals surface area contributed by atoms with Gasteiger partial charge in [0.15, 0.2) is 0 Å². The maximum Gasteiger partial charge on any atom is 0.417 e. The molecule has 3 heterocycles. The standard InChI is InChI=1S/C24H19Cl3F3N3O2/c1-13(35-22-5-3-16(10-32-22)24(28,29)30)17-11-33(23(34)15-6-7-31-21(27)9-15)12-18(17)14-2-4-19(25)20(26)8-14/h2-10,13,17-18H,11-12H2,1H3. The average Bonchev–Trinajstić information content (AvgIpc) is 3.26. The Morgan fingerprint density at radius 3 is 2.46 bits per heavy atom. The van der Waals surface area contributed by atoms with E-state index in [0.717, 1.165) is 17.8 Å². The fraction of sp³-hybridized carbons (Fsp3) is 0.292. The number of benzene rings is 1. The van der Waals surface area contributed by atoms with E-state index in [1.165, 1.54) is 18.3 Å². The number of ether oxygens (including phenoxy) is 1. The molecule has 0 N–H and O–H groups in total. The van der Waals surface area contributed by atoms with Gasteiger partial charge in [-0.25, -0.2) is 9.97 Å². The Balaban J connectivity index is 1.59. The molecular weight excluding hydrogens is 526 g/mol. The lowest BCUT2D eigenvalue weighted by atomic mass is 9.86. The first-order valence-corrected chi connectivity index (χ1v) is 11.7. The Bertz CT molecular complexity index is 1220. The van der Waals surface area contributed by atoms with Gasteiger partial charge in [0.05, 0.1) is 15.6 Å². The summed E-state index contributed by atoms with van der Waals surface area (Å²) in [4.78, 5) is 22.6. The molecule has 0 aliphatic carbocycles. The van der Waals surface area contributed by atoms with Crippen molar-refractivity contribution in [1.29, 1.82) is 0 Å². The number of carbonyl (C=O) groups excluding carboxylic acids is 1. The number of nitrogens with zero attached hydrogens (tertiary/aromatic N) is 3. The van der Waals surface area contributed by atoms with E-state index in [9.17, 15) is 18.0 Å². The molecular formula is C24H19Cl3F3N3O2. The molecule has 0 bridgehead atoms. The van der Waals surface area contributed by atoms with Crippen LogP contribution in [0.4, 0.5) is 13.2 Å². The van der Waals surface area contributed by atoms with Gasteiger partial charge in [0, 0.05) is 48.9 Å². The van der Waals surface area contributed by atoms with Crippen LogP contribution in [0.5, 0.6) is 5.88 Å². The second-order valence-electron chi connectivity index (χ2n) is 8.23. The maximum atomic E-state index is 13.2. The fourth-order valence-electron chi connectivity index (χ4n) is 4.18. The number of halogens is 6. The summed E-state index contributed by atoms with van der Waals surface area (Å²) in [5, 5.41) is 0.992. The number of alkyl halides is 3. The molecule has 3 aromatic rings. The fourth-order valence-corrected chi connectivity index (χ4v) is 4.66. The lowest BCUT2D eigenvalue weighted by Crippen LogP contribution is -2.32. The van der Waals surface area contributed by atoms with Crippen molar-refractivity contribution in [3.8, 4) is 5.88 Å². The molecule has 1 saturated heterocycles. The molecule has 1 aromatic carbocycles. The Hall–Kier alpha value is -2.55. The number of likely N-dealkylation sites (tertiary alicyclic amines) is 1. The predicted molar refractivity (Wildman–Crippen MR) is 127 cm³/mol. The highest BCUT2D eigenvalue weighted by molar-refractivity contribution is 6.42. The first-order valence-electron chi connectivity index (χ1n) is 10.6. The number of pyridine rings is 2. The number of hydrogen-bond donors (Lipinski definition) is 0. The van der Waals surface area contributed by atoms with Crippen LogP contribution in [0.25, 0.3) is 0 Å². The zero-order chi connectivity index (χ0) is 25.3. The van der Waals surface area contributed by atoms with Crippen LogP contribution in [-0.4, -0.2) is 40.0 Å². The molecule has 0 spiro atoms. The minimum atomic E-state index is -4.49. The van der Waals surface area contributed by atoms with Crippen molar-refractivity contribution in [3.63, 3.8) is 0 Å². The summed E-state index contributed by atoms with van der Waals surface area (Å²) in [5.41, 5.74) is 0.402. The van der Waals surface area contributed by atoms with Crippen molar-refractivity contribution < 1.29 is 22.7 Å². The lowest BCUT2D eigenvalue weighted by molar-refractivity contribution is -0.137. The summed E-state index contributed by atoms with van der Waals surface area (Å²) in [7, 11) is 0. The van der Waals surface area contributed by atoms with Gasteiger partial charge in [0.25, 0.3) is 5.91 Å². The minimum Gasteiger partial charge on any atom is -0.474 e. The molecule has 11 heteroatoms. The Kier molecular flexibility index (Phi) is 7.45. The number of carbonyl (C=O) groups is 1. The molecule has 5 nitrogen and oxygen atoms in total. The molecule has 1 aliphatic heterocycles. The number of amides is 1.